The highest BCUT2D eigenvalue weighted by Crippen LogP contribution is 2.33. The molecule has 2 aliphatic rings. The number of hydrogen-bond donors (Lipinski definition) is 1. The molecule has 16 heavy (non-hydrogen) atoms. The summed E-state index contributed by atoms with van der Waals surface area (Å²) in [4.78, 5) is 6.98. The lowest BCUT2D eigenvalue weighted by Crippen LogP contribution is -2.33. The van der Waals surface area contributed by atoms with Crippen molar-refractivity contribution in [3.8, 4) is 0 Å². The number of thiazole rings is 1. The monoisotopic (exact) mass is 237 g/mol. The second kappa shape index (κ2) is 4.43. The lowest BCUT2D eigenvalue weighted by atomic mass is 10.2. The van der Waals surface area contributed by atoms with E-state index in [9.17, 15) is 0 Å². The van der Waals surface area contributed by atoms with Gasteiger partial charge in [0.25, 0.3) is 0 Å². The van der Waals surface area contributed by atoms with Gasteiger partial charge in [-0.25, -0.2) is 4.98 Å². The van der Waals surface area contributed by atoms with Crippen molar-refractivity contribution in [2.45, 2.75) is 50.9 Å². The van der Waals surface area contributed by atoms with Crippen LogP contribution in [0.4, 0.5) is 0 Å². The van der Waals surface area contributed by atoms with Gasteiger partial charge in [0, 0.05) is 36.6 Å². The van der Waals surface area contributed by atoms with Crippen LogP contribution in [0.3, 0.4) is 0 Å². The van der Waals surface area contributed by atoms with Gasteiger partial charge in [-0.15, -0.1) is 11.3 Å². The molecule has 1 aliphatic heterocycles. The summed E-state index contributed by atoms with van der Waals surface area (Å²) in [5, 5.41) is 5.76. The Hall–Kier alpha value is -0.450. The van der Waals surface area contributed by atoms with Crippen LogP contribution >= 0.6 is 11.3 Å². The Bertz CT molecular complexity index is 334. The van der Waals surface area contributed by atoms with Gasteiger partial charge >= 0.3 is 0 Å². The standard InChI is InChI=1S/C12H19N3S/c1-9-4-10(6-15(9)12-2-3-12)13-5-11-7-16-8-14-11/h7-10,12-13H,2-6H2,1H3. The van der Waals surface area contributed by atoms with Gasteiger partial charge in [-0.05, 0) is 26.2 Å². The molecule has 1 N–H and O–H groups in total. The van der Waals surface area contributed by atoms with E-state index in [1.807, 2.05) is 5.51 Å². The van der Waals surface area contributed by atoms with Crippen molar-refractivity contribution in [3.05, 3.63) is 16.6 Å². The fourth-order valence-corrected chi connectivity index (χ4v) is 3.25. The van der Waals surface area contributed by atoms with Gasteiger partial charge in [-0.3, -0.25) is 4.90 Å². The summed E-state index contributed by atoms with van der Waals surface area (Å²) >= 11 is 1.68. The zero-order chi connectivity index (χ0) is 11.0. The molecular formula is C12H19N3S. The van der Waals surface area contributed by atoms with Crippen LogP contribution < -0.4 is 5.32 Å². The molecule has 1 saturated heterocycles. The van der Waals surface area contributed by atoms with E-state index >= 15 is 0 Å². The molecule has 2 heterocycles. The van der Waals surface area contributed by atoms with Crippen molar-refractivity contribution in [3.63, 3.8) is 0 Å². The fraction of sp³-hybridized carbons (Fsp3) is 0.750. The molecule has 2 atom stereocenters. The SMILES string of the molecule is CC1CC(NCc2cscn2)CN1C1CC1. The number of nitrogens with zero attached hydrogens (tertiary/aromatic N) is 2. The zero-order valence-corrected chi connectivity index (χ0v) is 10.5. The minimum Gasteiger partial charge on any atom is -0.307 e. The number of hydrogen-bond acceptors (Lipinski definition) is 4. The van der Waals surface area contributed by atoms with E-state index in [0.29, 0.717) is 6.04 Å². The Morgan fingerprint density at radius 2 is 2.44 bits per heavy atom. The van der Waals surface area contributed by atoms with Crippen LogP contribution in [0.5, 0.6) is 0 Å². The molecular weight excluding hydrogens is 218 g/mol. The molecule has 0 spiro atoms. The molecule has 3 nitrogen and oxygen atoms in total. The molecule has 0 radical (unpaired) electrons. The van der Waals surface area contributed by atoms with Gasteiger partial charge in [-0.1, -0.05) is 0 Å². The molecule has 2 fully saturated rings. The highest BCUT2D eigenvalue weighted by Gasteiger charge is 2.38. The largest absolute Gasteiger partial charge is 0.307 e. The highest BCUT2D eigenvalue weighted by molar-refractivity contribution is 7.07. The third kappa shape index (κ3) is 2.29. The molecule has 1 saturated carbocycles. The van der Waals surface area contributed by atoms with E-state index in [0.717, 1.165) is 18.6 Å². The molecule has 1 aliphatic carbocycles. The first-order chi connectivity index (χ1) is 7.83. The van der Waals surface area contributed by atoms with Crippen molar-refractivity contribution in [1.82, 2.24) is 15.2 Å². The van der Waals surface area contributed by atoms with Crippen LogP contribution in [-0.4, -0.2) is 34.6 Å². The first-order valence-corrected chi connectivity index (χ1v) is 7.13. The predicted molar refractivity (Wildman–Crippen MR) is 66.5 cm³/mol. The smallest absolute Gasteiger partial charge is 0.0795 e. The first kappa shape index (κ1) is 10.7. The van der Waals surface area contributed by atoms with E-state index in [-0.39, 0.29) is 0 Å². The van der Waals surface area contributed by atoms with Gasteiger partial charge < -0.3 is 5.32 Å². The van der Waals surface area contributed by atoms with Gasteiger partial charge in [0.05, 0.1) is 11.2 Å². The molecule has 4 heteroatoms. The maximum atomic E-state index is 4.31. The van der Waals surface area contributed by atoms with E-state index in [1.165, 1.54) is 31.5 Å². The van der Waals surface area contributed by atoms with E-state index in [2.05, 4.69) is 27.5 Å². The molecule has 88 valence electrons. The van der Waals surface area contributed by atoms with Crippen LogP contribution in [0, 0.1) is 0 Å². The molecule has 0 amide bonds. The van der Waals surface area contributed by atoms with Gasteiger partial charge in [-0.2, -0.15) is 0 Å². The highest BCUT2D eigenvalue weighted by atomic mass is 32.1. The lowest BCUT2D eigenvalue weighted by Gasteiger charge is -2.19. The third-order valence-corrected chi connectivity index (χ3v) is 4.33. The van der Waals surface area contributed by atoms with Gasteiger partial charge in [0.2, 0.25) is 0 Å². The normalized spacial score (nSPS) is 31.1. The third-order valence-electron chi connectivity index (χ3n) is 3.69. The molecule has 2 unspecified atom stereocenters. The number of nitrogens with one attached hydrogen (secondary N) is 1. The molecule has 1 aromatic heterocycles. The van der Waals surface area contributed by atoms with Crippen LogP contribution in [-0.2, 0) is 6.54 Å². The summed E-state index contributed by atoms with van der Waals surface area (Å²) in [7, 11) is 0. The average molecular weight is 237 g/mol. The number of likely N-dealkylation sites (tertiary alicyclic amines) is 1. The number of aromatic nitrogens is 1. The minimum absolute atomic E-state index is 0.664. The average Bonchev–Trinajstić information content (AvgIpc) is 2.85. The van der Waals surface area contributed by atoms with Crippen LogP contribution in [0.1, 0.15) is 31.9 Å². The van der Waals surface area contributed by atoms with Crippen molar-refractivity contribution < 1.29 is 0 Å². The zero-order valence-electron chi connectivity index (χ0n) is 9.72. The summed E-state index contributed by atoms with van der Waals surface area (Å²) in [6.07, 6.45) is 4.13. The molecule has 1 aromatic rings. The minimum atomic E-state index is 0.664. The topological polar surface area (TPSA) is 28.2 Å². The van der Waals surface area contributed by atoms with Crippen LogP contribution in [0.2, 0.25) is 0 Å². The van der Waals surface area contributed by atoms with Crippen LogP contribution in [0.25, 0.3) is 0 Å². The maximum Gasteiger partial charge on any atom is 0.0795 e. The Morgan fingerprint density at radius 1 is 1.56 bits per heavy atom. The lowest BCUT2D eigenvalue weighted by molar-refractivity contribution is 0.255. The summed E-state index contributed by atoms with van der Waals surface area (Å²) in [6.45, 7) is 4.53. The summed E-state index contributed by atoms with van der Waals surface area (Å²) in [5.74, 6) is 0. The van der Waals surface area contributed by atoms with Crippen molar-refractivity contribution in [2.75, 3.05) is 6.54 Å². The van der Waals surface area contributed by atoms with Crippen LogP contribution in [0.15, 0.2) is 10.9 Å². The first-order valence-electron chi connectivity index (χ1n) is 6.19. The molecule has 0 aromatic carbocycles. The van der Waals surface area contributed by atoms with E-state index in [1.54, 1.807) is 11.3 Å². The Kier molecular flexibility index (Phi) is 2.96. The number of rotatable bonds is 4. The molecule has 0 bridgehead atoms. The van der Waals surface area contributed by atoms with Gasteiger partial charge in [0.1, 0.15) is 0 Å². The van der Waals surface area contributed by atoms with Crippen molar-refractivity contribution in [1.29, 1.82) is 0 Å². The van der Waals surface area contributed by atoms with E-state index < -0.39 is 0 Å². The second-order valence-corrected chi connectivity index (χ2v) is 5.79. The maximum absolute atomic E-state index is 4.31. The quantitative estimate of drug-likeness (QED) is 0.866. The summed E-state index contributed by atoms with van der Waals surface area (Å²) < 4.78 is 0. The van der Waals surface area contributed by atoms with Crippen molar-refractivity contribution in [2.24, 2.45) is 0 Å². The predicted octanol–water partition coefficient (Wildman–Crippen LogP) is 1.86. The molecule has 3 rings (SSSR count). The second-order valence-electron chi connectivity index (χ2n) is 5.07. The summed E-state index contributed by atoms with van der Waals surface area (Å²) in [6, 6.07) is 2.33. The summed E-state index contributed by atoms with van der Waals surface area (Å²) in [5.41, 5.74) is 3.09. The fourth-order valence-electron chi connectivity index (χ4n) is 2.69. The Balaban J connectivity index is 1.49. The van der Waals surface area contributed by atoms with E-state index in [4.69, 9.17) is 0 Å². The van der Waals surface area contributed by atoms with Gasteiger partial charge in [0.15, 0.2) is 0 Å². The Morgan fingerprint density at radius 3 is 3.12 bits per heavy atom. The Labute approximate surface area is 101 Å². The van der Waals surface area contributed by atoms with Crippen molar-refractivity contribution >= 4 is 11.3 Å².